The summed E-state index contributed by atoms with van der Waals surface area (Å²) in [6.07, 6.45) is 0. The lowest BCUT2D eigenvalue weighted by Crippen LogP contribution is -2.07. The molecule has 0 radical (unpaired) electrons. The van der Waals surface area contributed by atoms with Gasteiger partial charge in [0.15, 0.2) is 2.14 Å². The average Bonchev–Trinajstić information content (AvgIpc) is 1.57. The van der Waals surface area contributed by atoms with E-state index in [4.69, 9.17) is 0 Å². The van der Waals surface area contributed by atoms with E-state index in [2.05, 4.69) is 52.3 Å². The largest absolute Gasteiger partial charge is 0.552 e. The zero-order chi connectivity index (χ0) is 8.41. The van der Waals surface area contributed by atoms with Crippen LogP contribution in [0, 0.1) is 0 Å². The van der Waals surface area contributed by atoms with Crippen molar-refractivity contribution in [1.29, 1.82) is 0 Å². The maximum Gasteiger partial charge on any atom is 0.552 e. The quantitative estimate of drug-likeness (QED) is 0.547. The average molecular weight is 367 g/mol. The highest BCUT2D eigenvalue weighted by Crippen LogP contribution is 2.52. The van der Waals surface area contributed by atoms with E-state index in [0.29, 0.717) is 0 Å². The summed E-state index contributed by atoms with van der Waals surface area (Å²) < 4.78 is 35.4. The van der Waals surface area contributed by atoms with Crippen LogP contribution in [0.4, 0.5) is 8.39 Å². The van der Waals surface area contributed by atoms with Crippen molar-refractivity contribution in [2.45, 2.75) is 2.14 Å². The van der Waals surface area contributed by atoms with Crippen molar-refractivity contribution in [3.05, 3.63) is 0 Å². The predicted molar refractivity (Wildman–Crippen MR) is 45.3 cm³/mol. The Morgan fingerprint density at radius 3 is 1.90 bits per heavy atom. The van der Waals surface area contributed by atoms with Crippen LogP contribution < -0.4 is 0 Å². The molecule has 0 aromatic carbocycles. The molecule has 0 rings (SSSR count). The third-order valence-corrected chi connectivity index (χ3v) is 1.49. The molecule has 0 bridgehead atoms. The van der Waals surface area contributed by atoms with Crippen molar-refractivity contribution < 1.29 is 17.5 Å². The molecule has 0 atom stereocenters. The van der Waals surface area contributed by atoms with Gasteiger partial charge in [-0.25, -0.2) is 4.57 Å². The molecule has 0 N–H and O–H groups in total. The van der Waals surface area contributed by atoms with Gasteiger partial charge in [-0.1, -0.05) is 47.8 Å². The lowest BCUT2D eigenvalue weighted by molar-refractivity contribution is 0.267. The third-order valence-electron chi connectivity index (χ3n) is 0.379. The van der Waals surface area contributed by atoms with Gasteiger partial charge in [0, 0.05) is 0 Å². The normalized spacial score (nSPS) is 13.7. The number of hydrogen-bond donors (Lipinski definition) is 0. The van der Waals surface area contributed by atoms with E-state index in [1.165, 1.54) is 0 Å². The van der Waals surface area contributed by atoms with Crippen LogP contribution in [-0.2, 0) is 9.09 Å². The van der Waals surface area contributed by atoms with Gasteiger partial charge in [0.25, 0.3) is 0 Å². The molecule has 0 fully saturated rings. The summed E-state index contributed by atoms with van der Waals surface area (Å²) in [6, 6.07) is 0. The topological polar surface area (TPSA) is 26.3 Å². The molecule has 0 amide bonds. The lowest BCUT2D eigenvalue weighted by Gasteiger charge is -2.10. The second kappa shape index (κ2) is 3.94. The Morgan fingerprint density at radius 1 is 1.40 bits per heavy atom. The maximum atomic E-state index is 11.5. The first-order valence-corrected chi connectivity index (χ1v) is 5.70. The van der Waals surface area contributed by atoms with Crippen LogP contribution in [0.5, 0.6) is 0 Å². The highest BCUT2D eigenvalue weighted by molar-refractivity contribution is 9.39. The van der Waals surface area contributed by atoms with Crippen molar-refractivity contribution >= 4 is 55.8 Å². The molecule has 0 heterocycles. The Labute approximate surface area is 81.8 Å². The monoisotopic (exact) mass is 364 g/mol. The second-order valence-corrected chi connectivity index (χ2v) is 9.64. The van der Waals surface area contributed by atoms with Crippen LogP contribution in [0.2, 0.25) is 0 Å². The summed E-state index contributed by atoms with van der Waals surface area (Å²) >= 11 is 8.66. The first-order valence-electron chi connectivity index (χ1n) is 1.91. The van der Waals surface area contributed by atoms with Gasteiger partial charge >= 0.3 is 7.99 Å². The number of rotatable bonds is 2. The Hall–Kier alpha value is 1.49. The fourth-order valence-corrected chi connectivity index (χ4v) is 1.37. The maximum absolute atomic E-state index is 11.5. The predicted octanol–water partition coefficient (Wildman–Crippen LogP) is 3.89. The zero-order valence-electron chi connectivity index (χ0n) is 4.36. The van der Waals surface area contributed by atoms with Gasteiger partial charge in [0.05, 0.1) is 6.61 Å². The molecule has 0 aliphatic heterocycles. The van der Waals surface area contributed by atoms with Crippen LogP contribution in [0.15, 0.2) is 0 Å². The molecule has 0 aliphatic carbocycles. The van der Waals surface area contributed by atoms with E-state index in [9.17, 15) is 13.0 Å². The molecule has 0 spiro atoms. The Kier molecular flexibility index (Phi) is 4.52. The van der Waals surface area contributed by atoms with Crippen LogP contribution in [0.1, 0.15) is 0 Å². The molecular weight excluding hydrogens is 365 g/mol. The minimum atomic E-state index is -5.35. The van der Waals surface area contributed by atoms with Gasteiger partial charge in [-0.15, -0.1) is 8.39 Å². The molecular formula is C2H2Br3F2O2P. The summed E-state index contributed by atoms with van der Waals surface area (Å²) in [6.45, 7) is -0.433. The summed E-state index contributed by atoms with van der Waals surface area (Å²) in [5.74, 6) is 0. The van der Waals surface area contributed by atoms with Gasteiger partial charge in [-0.3, -0.25) is 4.52 Å². The molecule has 8 heteroatoms. The van der Waals surface area contributed by atoms with Crippen LogP contribution >= 0.6 is 55.8 Å². The smallest absolute Gasteiger partial charge is 0.277 e. The summed E-state index contributed by atoms with van der Waals surface area (Å²) in [7, 11) is -5.35. The van der Waals surface area contributed by atoms with Crippen molar-refractivity contribution in [1.82, 2.24) is 0 Å². The molecule has 0 unspecified atom stereocenters. The van der Waals surface area contributed by atoms with E-state index < -0.39 is 16.7 Å². The summed E-state index contributed by atoms with van der Waals surface area (Å²) in [5.41, 5.74) is 0. The van der Waals surface area contributed by atoms with Crippen LogP contribution in [0.25, 0.3) is 0 Å². The van der Waals surface area contributed by atoms with E-state index >= 15 is 0 Å². The lowest BCUT2D eigenvalue weighted by atomic mass is 10.9. The molecule has 2 nitrogen and oxygen atoms in total. The van der Waals surface area contributed by atoms with E-state index in [1.54, 1.807) is 0 Å². The third kappa shape index (κ3) is 9.49. The van der Waals surface area contributed by atoms with Gasteiger partial charge in [0.2, 0.25) is 0 Å². The molecule has 0 aliphatic rings. The van der Waals surface area contributed by atoms with Gasteiger partial charge in [-0.2, -0.15) is 0 Å². The van der Waals surface area contributed by atoms with Crippen LogP contribution in [0.3, 0.4) is 0 Å². The molecule has 0 saturated heterocycles. The number of halogens is 5. The first-order chi connectivity index (χ1) is 4.21. The summed E-state index contributed by atoms with van der Waals surface area (Å²) in [4.78, 5) is 0. The number of alkyl halides is 3. The Balaban J connectivity index is 3.67. The Morgan fingerprint density at radius 2 is 1.80 bits per heavy atom. The number of hydrogen-bond acceptors (Lipinski definition) is 2. The molecule has 0 aromatic heterocycles. The molecule has 10 heavy (non-hydrogen) atoms. The minimum Gasteiger partial charge on any atom is -0.277 e. The molecule has 0 saturated carbocycles. The van der Waals surface area contributed by atoms with E-state index in [1.807, 2.05) is 0 Å². The fourth-order valence-electron chi connectivity index (χ4n) is 0.148. The highest BCUT2D eigenvalue weighted by atomic mass is 80.0. The van der Waals surface area contributed by atoms with Crippen molar-refractivity contribution in [3.63, 3.8) is 0 Å². The zero-order valence-corrected chi connectivity index (χ0v) is 10.0. The Bertz CT molecular complexity index is 151. The summed E-state index contributed by atoms with van der Waals surface area (Å²) in [5, 5.41) is 0. The van der Waals surface area contributed by atoms with Gasteiger partial charge in [-0.05, 0) is 0 Å². The molecule has 0 aromatic rings. The van der Waals surface area contributed by atoms with Crippen molar-refractivity contribution in [3.8, 4) is 0 Å². The van der Waals surface area contributed by atoms with Crippen LogP contribution in [-0.4, -0.2) is 8.75 Å². The van der Waals surface area contributed by atoms with Crippen molar-refractivity contribution in [2.24, 2.45) is 0 Å². The van der Waals surface area contributed by atoms with E-state index in [-0.39, 0.29) is 0 Å². The fraction of sp³-hybridized carbons (Fsp3) is 1.00. The SMILES string of the molecule is O=P(F)(F)OCC(Br)(Br)Br. The standard InChI is InChI=1S/C2H2Br3F2O2P/c3-2(4,5)1-9-10(6,7)8/h1H2. The van der Waals surface area contributed by atoms with Crippen molar-refractivity contribution in [2.75, 3.05) is 6.61 Å². The first kappa shape index (κ1) is 11.5. The minimum absolute atomic E-state index is 0.433. The van der Waals surface area contributed by atoms with Gasteiger partial charge in [0.1, 0.15) is 0 Å². The van der Waals surface area contributed by atoms with E-state index in [0.717, 1.165) is 0 Å². The highest BCUT2D eigenvalue weighted by Gasteiger charge is 2.27. The second-order valence-electron chi connectivity index (χ2n) is 1.30. The van der Waals surface area contributed by atoms with Gasteiger partial charge < -0.3 is 0 Å². The molecule has 62 valence electrons.